The molecule has 2 aliphatic rings. The average Bonchev–Trinajstić information content (AvgIpc) is 2.61. The van der Waals surface area contributed by atoms with Crippen LogP contribution in [0.25, 0.3) is 0 Å². The van der Waals surface area contributed by atoms with Gasteiger partial charge in [-0.2, -0.15) is 0 Å². The molecular formula is C18H26N2O4. The largest absolute Gasteiger partial charge is 0.481 e. The molecule has 3 N–H and O–H groups in total. The van der Waals surface area contributed by atoms with Gasteiger partial charge in [-0.1, -0.05) is 19.3 Å². The fourth-order valence-corrected chi connectivity index (χ4v) is 4.01. The molecule has 0 unspecified atom stereocenters. The highest BCUT2D eigenvalue weighted by Crippen LogP contribution is 2.30. The average molecular weight is 334 g/mol. The summed E-state index contributed by atoms with van der Waals surface area (Å²) in [5.74, 6) is -0.564. The summed E-state index contributed by atoms with van der Waals surface area (Å²) in [6.45, 7) is 0.635. The second-order valence-electron chi connectivity index (χ2n) is 7.32. The zero-order valence-corrected chi connectivity index (χ0v) is 14.0. The molecule has 0 radical (unpaired) electrons. The highest BCUT2D eigenvalue weighted by molar-refractivity contribution is 5.74. The fourth-order valence-electron chi connectivity index (χ4n) is 4.01. The summed E-state index contributed by atoms with van der Waals surface area (Å²) in [6, 6.07) is 0.300. The number of hydrogen-bond donors (Lipinski definition) is 3. The van der Waals surface area contributed by atoms with Crippen LogP contribution in [-0.2, 0) is 4.79 Å². The van der Waals surface area contributed by atoms with E-state index in [4.69, 9.17) is 5.11 Å². The van der Waals surface area contributed by atoms with Crippen LogP contribution in [-0.4, -0.2) is 23.7 Å². The zero-order chi connectivity index (χ0) is 17.1. The molecule has 0 bridgehead atoms. The Morgan fingerprint density at radius 1 is 0.917 bits per heavy atom. The molecule has 6 heteroatoms. The van der Waals surface area contributed by atoms with Gasteiger partial charge in [0.1, 0.15) is 11.4 Å². The molecule has 24 heavy (non-hydrogen) atoms. The van der Waals surface area contributed by atoms with Gasteiger partial charge in [-0.25, -0.2) is 0 Å². The maximum Gasteiger partial charge on any atom is 0.306 e. The second-order valence-corrected chi connectivity index (χ2v) is 7.32. The Balaban J connectivity index is 1.52. The predicted molar refractivity (Wildman–Crippen MR) is 93.4 cm³/mol. The van der Waals surface area contributed by atoms with Crippen molar-refractivity contribution in [2.45, 2.75) is 63.8 Å². The third-order valence-electron chi connectivity index (χ3n) is 5.63. The number of nitrogens with one attached hydrogen (secondary N) is 2. The van der Waals surface area contributed by atoms with E-state index in [9.17, 15) is 14.4 Å². The lowest BCUT2D eigenvalue weighted by atomic mass is 9.82. The molecule has 0 amide bonds. The summed E-state index contributed by atoms with van der Waals surface area (Å²) < 4.78 is 0. The zero-order valence-electron chi connectivity index (χ0n) is 14.0. The first-order valence-corrected chi connectivity index (χ1v) is 9.12. The van der Waals surface area contributed by atoms with Gasteiger partial charge in [0.15, 0.2) is 0 Å². The maximum absolute atomic E-state index is 11.8. The van der Waals surface area contributed by atoms with E-state index in [1.54, 1.807) is 0 Å². The van der Waals surface area contributed by atoms with Crippen LogP contribution in [0.4, 0.5) is 11.4 Å². The molecule has 0 aliphatic heterocycles. The van der Waals surface area contributed by atoms with E-state index in [1.165, 1.54) is 19.3 Å². The van der Waals surface area contributed by atoms with Gasteiger partial charge in [-0.05, 0) is 44.4 Å². The van der Waals surface area contributed by atoms with Gasteiger partial charge < -0.3 is 15.7 Å². The van der Waals surface area contributed by atoms with Crippen molar-refractivity contribution in [3.05, 3.63) is 20.4 Å². The molecule has 3 rings (SSSR count). The lowest BCUT2D eigenvalue weighted by molar-refractivity contribution is -0.143. The number of hydrogen-bond acceptors (Lipinski definition) is 5. The smallest absolute Gasteiger partial charge is 0.306 e. The Morgan fingerprint density at radius 3 is 2.17 bits per heavy atom. The highest BCUT2D eigenvalue weighted by Gasteiger charge is 2.28. The van der Waals surface area contributed by atoms with Gasteiger partial charge in [-0.3, -0.25) is 14.4 Å². The standard InChI is InChI=1S/C18H26N2O4/c21-16-14(15(17(16)22)20-13-4-2-1-3-5-13)19-10-11-6-8-12(9-7-11)18(23)24/h11-13,19-20H,1-10H2,(H,23,24). The van der Waals surface area contributed by atoms with E-state index in [2.05, 4.69) is 10.6 Å². The normalized spacial score (nSPS) is 25.5. The summed E-state index contributed by atoms with van der Waals surface area (Å²) in [6.07, 6.45) is 8.78. The summed E-state index contributed by atoms with van der Waals surface area (Å²) in [5, 5.41) is 15.4. The molecule has 0 atom stereocenters. The molecule has 1 aromatic carbocycles. The molecule has 1 aromatic rings. The molecule has 132 valence electrons. The fraction of sp³-hybridized carbons (Fsp3) is 0.722. The van der Waals surface area contributed by atoms with Gasteiger partial charge >= 0.3 is 5.97 Å². The van der Waals surface area contributed by atoms with Crippen molar-refractivity contribution in [3.63, 3.8) is 0 Å². The molecule has 2 saturated carbocycles. The lowest BCUT2D eigenvalue weighted by Gasteiger charge is -2.28. The van der Waals surface area contributed by atoms with E-state index in [0.717, 1.165) is 25.7 Å². The first kappa shape index (κ1) is 17.0. The van der Waals surface area contributed by atoms with Crippen molar-refractivity contribution in [2.75, 3.05) is 17.2 Å². The Labute approximate surface area is 141 Å². The molecule has 0 spiro atoms. The molecule has 0 saturated heterocycles. The van der Waals surface area contributed by atoms with E-state index in [-0.39, 0.29) is 5.92 Å². The van der Waals surface area contributed by atoms with Crippen molar-refractivity contribution in [1.29, 1.82) is 0 Å². The van der Waals surface area contributed by atoms with Gasteiger partial charge in [0.2, 0.25) is 0 Å². The SMILES string of the molecule is O=C(O)C1CCC(CNc2c(NC3CCCCC3)c(=O)c2=O)CC1. The number of carbonyl (C=O) groups is 1. The predicted octanol–water partition coefficient (Wildman–Crippen LogP) is 2.33. The van der Waals surface area contributed by atoms with E-state index < -0.39 is 16.8 Å². The van der Waals surface area contributed by atoms with Crippen molar-refractivity contribution < 1.29 is 9.90 Å². The minimum absolute atomic E-state index is 0.226. The number of rotatable bonds is 6. The van der Waals surface area contributed by atoms with Gasteiger partial charge in [0.25, 0.3) is 10.9 Å². The Hall–Kier alpha value is -1.85. The molecule has 2 fully saturated rings. The first-order chi connectivity index (χ1) is 11.6. The van der Waals surface area contributed by atoms with Gasteiger partial charge in [-0.15, -0.1) is 0 Å². The third-order valence-corrected chi connectivity index (χ3v) is 5.63. The van der Waals surface area contributed by atoms with E-state index in [0.29, 0.717) is 42.7 Å². The van der Waals surface area contributed by atoms with Crippen LogP contribution < -0.4 is 21.5 Å². The maximum atomic E-state index is 11.8. The second kappa shape index (κ2) is 7.36. The minimum atomic E-state index is -0.706. The molecular weight excluding hydrogens is 308 g/mol. The number of aliphatic carboxylic acids is 1. The first-order valence-electron chi connectivity index (χ1n) is 9.12. The number of carboxylic acids is 1. The van der Waals surface area contributed by atoms with Crippen molar-refractivity contribution in [3.8, 4) is 0 Å². The Morgan fingerprint density at radius 2 is 1.54 bits per heavy atom. The van der Waals surface area contributed by atoms with Crippen LogP contribution in [0.15, 0.2) is 9.59 Å². The van der Waals surface area contributed by atoms with Crippen molar-refractivity contribution >= 4 is 17.3 Å². The van der Waals surface area contributed by atoms with Crippen LogP contribution in [0.5, 0.6) is 0 Å². The van der Waals surface area contributed by atoms with Crippen LogP contribution in [0, 0.1) is 11.8 Å². The summed E-state index contributed by atoms with van der Waals surface area (Å²) in [5.41, 5.74) is 0.0715. The van der Waals surface area contributed by atoms with Gasteiger partial charge in [0.05, 0.1) is 5.92 Å². The lowest BCUT2D eigenvalue weighted by Crippen LogP contribution is -2.40. The molecule has 2 aliphatic carbocycles. The third kappa shape index (κ3) is 3.62. The quantitative estimate of drug-likeness (QED) is 0.691. The topological polar surface area (TPSA) is 95.5 Å². The van der Waals surface area contributed by atoms with Crippen molar-refractivity contribution in [2.24, 2.45) is 11.8 Å². The van der Waals surface area contributed by atoms with Crippen LogP contribution in [0.1, 0.15) is 57.8 Å². The molecule has 0 heterocycles. The van der Waals surface area contributed by atoms with Crippen LogP contribution in [0.3, 0.4) is 0 Å². The Bertz CT molecular complexity index is 648. The summed E-state index contributed by atoms with van der Waals surface area (Å²) >= 11 is 0. The molecule has 0 aromatic heterocycles. The van der Waals surface area contributed by atoms with E-state index in [1.807, 2.05) is 0 Å². The van der Waals surface area contributed by atoms with Crippen LogP contribution in [0.2, 0.25) is 0 Å². The summed E-state index contributed by atoms with van der Waals surface area (Å²) in [4.78, 5) is 34.7. The van der Waals surface area contributed by atoms with E-state index >= 15 is 0 Å². The van der Waals surface area contributed by atoms with Crippen molar-refractivity contribution in [1.82, 2.24) is 0 Å². The highest BCUT2D eigenvalue weighted by atomic mass is 16.4. The monoisotopic (exact) mass is 334 g/mol. The molecule has 6 nitrogen and oxygen atoms in total. The van der Waals surface area contributed by atoms with Gasteiger partial charge in [0, 0.05) is 12.6 Å². The Kier molecular flexibility index (Phi) is 5.21. The van der Waals surface area contributed by atoms with Crippen LogP contribution >= 0.6 is 0 Å². The number of carboxylic acid groups (broad SMARTS) is 1. The minimum Gasteiger partial charge on any atom is -0.481 e. The summed E-state index contributed by atoms with van der Waals surface area (Å²) in [7, 11) is 0. The number of anilines is 2.